The Bertz CT molecular complexity index is 775. The Hall–Kier alpha value is -2.60. The summed E-state index contributed by atoms with van der Waals surface area (Å²) in [4.78, 5) is 11.7. The van der Waals surface area contributed by atoms with Crippen molar-refractivity contribution in [1.82, 2.24) is 15.2 Å². The van der Waals surface area contributed by atoms with E-state index in [1.165, 1.54) is 0 Å². The fourth-order valence-electron chi connectivity index (χ4n) is 2.35. The highest BCUT2D eigenvalue weighted by Gasteiger charge is 2.20. The van der Waals surface area contributed by atoms with Crippen molar-refractivity contribution in [3.63, 3.8) is 0 Å². The lowest BCUT2D eigenvalue weighted by molar-refractivity contribution is -0.115. The maximum absolute atomic E-state index is 11.7. The first-order valence-corrected chi connectivity index (χ1v) is 7.15. The van der Waals surface area contributed by atoms with Crippen LogP contribution in [0, 0.1) is 6.92 Å². The molecule has 0 aliphatic carbocycles. The molecule has 0 atom stereocenters. The number of hydrogen-bond donors (Lipinski definition) is 2. The summed E-state index contributed by atoms with van der Waals surface area (Å²) in [6, 6.07) is 9.80. The third-order valence-corrected chi connectivity index (χ3v) is 3.62. The number of carbonyl (C=O) groups excluding carboxylic acids is 1. The minimum Gasteiger partial charge on any atom is -0.497 e. The third kappa shape index (κ3) is 2.73. The zero-order chi connectivity index (χ0) is 15.7. The van der Waals surface area contributed by atoms with Crippen molar-refractivity contribution >= 4 is 29.3 Å². The van der Waals surface area contributed by atoms with Crippen LogP contribution < -0.4 is 15.4 Å². The van der Waals surface area contributed by atoms with Gasteiger partial charge in [0.05, 0.1) is 7.11 Å². The highest BCUT2D eigenvalue weighted by Crippen LogP contribution is 2.20. The second kappa shape index (κ2) is 5.65. The molecule has 0 unspecified atom stereocenters. The molecule has 5 nitrogen and oxygen atoms in total. The van der Waals surface area contributed by atoms with Gasteiger partial charge in [-0.25, -0.2) is 0 Å². The molecule has 0 radical (unpaired) electrons. The van der Waals surface area contributed by atoms with E-state index in [-0.39, 0.29) is 5.91 Å². The molecule has 112 valence electrons. The summed E-state index contributed by atoms with van der Waals surface area (Å²) in [5, 5.41) is 5.72. The number of nitrogens with one attached hydrogen (secondary N) is 2. The van der Waals surface area contributed by atoms with Gasteiger partial charge in [0.25, 0.3) is 5.91 Å². The molecule has 0 bridgehead atoms. The van der Waals surface area contributed by atoms with Gasteiger partial charge in [0.15, 0.2) is 5.11 Å². The number of benzene rings is 1. The third-order valence-electron chi connectivity index (χ3n) is 3.42. The number of hydrogen-bond acceptors (Lipinski definition) is 3. The van der Waals surface area contributed by atoms with Crippen LogP contribution in [0.25, 0.3) is 11.8 Å². The molecular weight excluding hydrogens is 298 g/mol. The Kier molecular flexibility index (Phi) is 3.68. The van der Waals surface area contributed by atoms with Gasteiger partial charge in [-0.05, 0) is 61.1 Å². The Morgan fingerprint density at radius 1 is 1.23 bits per heavy atom. The second-order valence-electron chi connectivity index (χ2n) is 4.95. The largest absolute Gasteiger partial charge is 0.497 e. The highest BCUT2D eigenvalue weighted by molar-refractivity contribution is 7.80. The molecule has 2 aromatic rings. The number of carbonyl (C=O) groups is 1. The van der Waals surface area contributed by atoms with Gasteiger partial charge in [0.2, 0.25) is 0 Å². The van der Waals surface area contributed by atoms with Gasteiger partial charge in [-0.1, -0.05) is 0 Å². The molecule has 3 rings (SSSR count). The lowest BCUT2D eigenvalue weighted by Gasteiger charge is -2.06. The van der Waals surface area contributed by atoms with Crippen molar-refractivity contribution < 1.29 is 9.53 Å². The summed E-state index contributed by atoms with van der Waals surface area (Å²) in [5.41, 5.74) is 3.48. The van der Waals surface area contributed by atoms with E-state index >= 15 is 0 Å². The highest BCUT2D eigenvalue weighted by atomic mass is 32.1. The van der Waals surface area contributed by atoms with Gasteiger partial charge in [-0.3, -0.25) is 10.1 Å². The van der Waals surface area contributed by atoms with E-state index in [2.05, 4.69) is 15.2 Å². The molecule has 2 heterocycles. The summed E-state index contributed by atoms with van der Waals surface area (Å²) < 4.78 is 7.22. The number of rotatable bonds is 3. The van der Waals surface area contributed by atoms with Gasteiger partial charge >= 0.3 is 0 Å². The van der Waals surface area contributed by atoms with Gasteiger partial charge in [0, 0.05) is 17.6 Å². The van der Waals surface area contributed by atoms with Crippen LogP contribution in [0.15, 0.2) is 42.2 Å². The number of aryl methyl sites for hydroxylation is 1. The summed E-state index contributed by atoms with van der Waals surface area (Å²) in [7, 11) is 1.64. The normalized spacial score (nSPS) is 15.8. The second-order valence-corrected chi connectivity index (χ2v) is 5.36. The van der Waals surface area contributed by atoms with Gasteiger partial charge in [-0.15, -0.1) is 0 Å². The molecule has 1 aromatic carbocycles. The first kappa shape index (κ1) is 14.3. The number of thiocarbonyl (C=S) groups is 1. The first-order chi connectivity index (χ1) is 10.6. The first-order valence-electron chi connectivity index (χ1n) is 6.74. The molecule has 1 aliphatic heterocycles. The van der Waals surface area contributed by atoms with Crippen LogP contribution >= 0.6 is 12.2 Å². The van der Waals surface area contributed by atoms with Crippen molar-refractivity contribution in [1.29, 1.82) is 0 Å². The van der Waals surface area contributed by atoms with Crippen LogP contribution in [0.5, 0.6) is 5.75 Å². The van der Waals surface area contributed by atoms with E-state index in [1.54, 1.807) is 13.2 Å². The van der Waals surface area contributed by atoms with E-state index in [1.807, 2.05) is 43.5 Å². The maximum Gasteiger partial charge on any atom is 0.273 e. The minimum absolute atomic E-state index is 0.208. The monoisotopic (exact) mass is 313 g/mol. The fraction of sp³-hybridized carbons (Fsp3) is 0.125. The zero-order valence-electron chi connectivity index (χ0n) is 12.2. The van der Waals surface area contributed by atoms with Crippen LogP contribution in [-0.4, -0.2) is 22.7 Å². The van der Waals surface area contributed by atoms with Crippen molar-refractivity contribution in [2.24, 2.45) is 0 Å². The van der Waals surface area contributed by atoms with E-state index in [9.17, 15) is 4.79 Å². The molecule has 1 amide bonds. The summed E-state index contributed by atoms with van der Waals surface area (Å²) in [6.07, 6.45) is 3.75. The number of amides is 1. The smallest absolute Gasteiger partial charge is 0.273 e. The van der Waals surface area contributed by atoms with Crippen molar-refractivity contribution in [3.8, 4) is 11.4 Å². The van der Waals surface area contributed by atoms with E-state index in [0.29, 0.717) is 10.8 Å². The number of ether oxygens (including phenoxy) is 1. The standard InChI is InChI=1S/C16H15N3O2S/c1-10-7-11(8-14-15(20)18-16(22)17-14)9-19(10)12-3-5-13(21-2)6-4-12/h3-9H,1-2H3,(H2,17,18,20,22)/b14-8-. The Labute approximate surface area is 133 Å². The zero-order valence-corrected chi connectivity index (χ0v) is 13.0. The van der Waals surface area contributed by atoms with Gasteiger partial charge < -0.3 is 14.6 Å². The van der Waals surface area contributed by atoms with Gasteiger partial charge in [0.1, 0.15) is 11.4 Å². The van der Waals surface area contributed by atoms with Crippen molar-refractivity contribution in [2.45, 2.75) is 6.92 Å². The average Bonchev–Trinajstić information content (AvgIpc) is 3.02. The molecule has 22 heavy (non-hydrogen) atoms. The maximum atomic E-state index is 11.7. The summed E-state index contributed by atoms with van der Waals surface area (Å²) in [6.45, 7) is 2.01. The molecule has 0 saturated carbocycles. The minimum atomic E-state index is -0.208. The molecule has 1 fully saturated rings. The van der Waals surface area contributed by atoms with Crippen molar-refractivity contribution in [3.05, 3.63) is 53.5 Å². The lowest BCUT2D eigenvalue weighted by atomic mass is 10.2. The van der Waals surface area contributed by atoms with Crippen LogP contribution in [-0.2, 0) is 4.79 Å². The lowest BCUT2D eigenvalue weighted by Crippen LogP contribution is -2.21. The SMILES string of the molecule is COc1ccc(-n2cc(/C=C3\NC(=S)NC3=O)cc2C)cc1. The summed E-state index contributed by atoms with van der Waals surface area (Å²) in [5.74, 6) is 0.607. The predicted molar refractivity (Wildman–Crippen MR) is 88.9 cm³/mol. The van der Waals surface area contributed by atoms with Crippen molar-refractivity contribution in [2.75, 3.05) is 7.11 Å². The topological polar surface area (TPSA) is 55.3 Å². The molecule has 1 aliphatic rings. The summed E-state index contributed by atoms with van der Waals surface area (Å²) >= 11 is 4.92. The number of nitrogens with zero attached hydrogens (tertiary/aromatic N) is 1. The van der Waals surface area contributed by atoms with Gasteiger partial charge in [-0.2, -0.15) is 0 Å². The Morgan fingerprint density at radius 3 is 2.55 bits per heavy atom. The Morgan fingerprint density at radius 2 is 1.95 bits per heavy atom. The quantitative estimate of drug-likeness (QED) is 0.673. The molecule has 6 heteroatoms. The molecular formula is C16H15N3O2S. The fourth-order valence-corrected chi connectivity index (χ4v) is 2.55. The molecule has 0 spiro atoms. The Balaban J connectivity index is 1.92. The van der Waals surface area contributed by atoms with E-state index in [4.69, 9.17) is 17.0 Å². The molecule has 1 aromatic heterocycles. The van der Waals surface area contributed by atoms with Crippen LogP contribution in [0.2, 0.25) is 0 Å². The van der Waals surface area contributed by atoms with Crippen LogP contribution in [0.3, 0.4) is 0 Å². The number of aromatic nitrogens is 1. The predicted octanol–water partition coefficient (Wildman–Crippen LogP) is 2.14. The number of methoxy groups -OCH3 is 1. The molecule has 1 saturated heterocycles. The van der Waals surface area contributed by atoms with Crippen LogP contribution in [0.1, 0.15) is 11.3 Å². The van der Waals surface area contributed by atoms with E-state index < -0.39 is 0 Å². The van der Waals surface area contributed by atoms with E-state index in [0.717, 1.165) is 22.7 Å². The molecule has 2 N–H and O–H groups in total. The average molecular weight is 313 g/mol. The van der Waals surface area contributed by atoms with Crippen LogP contribution in [0.4, 0.5) is 0 Å².